The fourth-order valence-corrected chi connectivity index (χ4v) is 3.96. The predicted octanol–water partition coefficient (Wildman–Crippen LogP) is 2.95. The summed E-state index contributed by atoms with van der Waals surface area (Å²) in [5, 5.41) is 13.5. The summed E-state index contributed by atoms with van der Waals surface area (Å²) in [6, 6.07) is 10.7. The van der Waals surface area contributed by atoms with E-state index in [1.807, 2.05) is 26.0 Å². The van der Waals surface area contributed by atoms with Gasteiger partial charge in [0.2, 0.25) is 11.7 Å². The van der Waals surface area contributed by atoms with Crippen molar-refractivity contribution in [1.29, 1.82) is 0 Å². The second-order valence-electron chi connectivity index (χ2n) is 7.85. The van der Waals surface area contributed by atoms with Crippen LogP contribution in [0.25, 0.3) is 11.4 Å². The minimum atomic E-state index is -0.897. The maximum atomic E-state index is 13.1. The number of ether oxygens (including phenoxy) is 2. The Kier molecular flexibility index (Phi) is 5.44. The lowest BCUT2D eigenvalue weighted by Gasteiger charge is -2.19. The number of carbonyl (C=O) groups excluding carboxylic acids is 2. The molecule has 11 nitrogen and oxygen atoms in total. The first-order valence-electron chi connectivity index (χ1n) is 10.8. The molecule has 0 aliphatic carbocycles. The molecule has 174 valence electrons. The Hall–Kier alpha value is -4.28. The zero-order valence-electron chi connectivity index (χ0n) is 18.8. The van der Waals surface area contributed by atoms with Gasteiger partial charge in [0.1, 0.15) is 6.54 Å². The van der Waals surface area contributed by atoms with Gasteiger partial charge in [0.15, 0.2) is 23.6 Å². The number of fused-ring (bicyclic) bond motifs is 1. The average molecular weight is 462 g/mol. The third kappa shape index (κ3) is 3.64. The van der Waals surface area contributed by atoms with Crippen LogP contribution < -0.4 is 14.4 Å². The van der Waals surface area contributed by atoms with Crippen LogP contribution in [0.3, 0.4) is 0 Å². The van der Waals surface area contributed by atoms with Crippen molar-refractivity contribution in [3.63, 3.8) is 0 Å². The third-order valence-electron chi connectivity index (χ3n) is 5.64. The third-order valence-corrected chi connectivity index (χ3v) is 5.64. The van der Waals surface area contributed by atoms with Crippen molar-refractivity contribution in [1.82, 2.24) is 15.1 Å². The maximum Gasteiger partial charge on any atom is 0.263 e. The van der Waals surface area contributed by atoms with Gasteiger partial charge in [-0.15, -0.1) is 0 Å². The number of amides is 2. The molecule has 2 aliphatic heterocycles. The van der Waals surface area contributed by atoms with Crippen molar-refractivity contribution in [2.24, 2.45) is 10.3 Å². The first-order chi connectivity index (χ1) is 16.5. The molecule has 11 heteroatoms. The predicted molar refractivity (Wildman–Crippen MR) is 119 cm³/mol. The van der Waals surface area contributed by atoms with Crippen LogP contribution in [0.2, 0.25) is 0 Å². The zero-order valence-corrected chi connectivity index (χ0v) is 18.8. The Morgan fingerprint density at radius 1 is 1.06 bits per heavy atom. The van der Waals surface area contributed by atoms with Gasteiger partial charge in [0, 0.05) is 5.56 Å². The van der Waals surface area contributed by atoms with E-state index in [2.05, 4.69) is 20.5 Å². The fourth-order valence-electron chi connectivity index (χ4n) is 3.96. The van der Waals surface area contributed by atoms with E-state index >= 15 is 0 Å². The molecule has 0 N–H and O–H groups in total. The molecular formula is C23H22N6O5. The number of aryl methyl sites for hydroxylation is 1. The smallest absolute Gasteiger partial charge is 0.263 e. The van der Waals surface area contributed by atoms with Crippen molar-refractivity contribution in [3.8, 4) is 22.9 Å². The first kappa shape index (κ1) is 21.6. The lowest BCUT2D eigenvalue weighted by Crippen LogP contribution is -2.39. The number of rotatable bonds is 7. The van der Waals surface area contributed by atoms with Gasteiger partial charge in [-0.25, -0.2) is 4.90 Å². The summed E-state index contributed by atoms with van der Waals surface area (Å²) in [5.41, 5.74) is 2.21. The molecule has 2 aliphatic rings. The van der Waals surface area contributed by atoms with E-state index < -0.39 is 18.0 Å². The minimum absolute atomic E-state index is 0.0343. The summed E-state index contributed by atoms with van der Waals surface area (Å²) < 4.78 is 16.3. The van der Waals surface area contributed by atoms with Gasteiger partial charge < -0.3 is 14.0 Å². The minimum Gasteiger partial charge on any atom is -0.493 e. The number of benzene rings is 2. The van der Waals surface area contributed by atoms with Gasteiger partial charge in [0.25, 0.3) is 11.8 Å². The summed E-state index contributed by atoms with van der Waals surface area (Å²) in [7, 11) is 1.55. The highest BCUT2D eigenvalue weighted by atomic mass is 16.5. The topological polar surface area (TPSA) is 123 Å². The van der Waals surface area contributed by atoms with Crippen molar-refractivity contribution in [3.05, 3.63) is 53.9 Å². The molecule has 0 spiro atoms. The molecule has 2 amide bonds. The second kappa shape index (κ2) is 8.58. The summed E-state index contributed by atoms with van der Waals surface area (Å²) in [6.45, 7) is 4.37. The van der Waals surface area contributed by atoms with E-state index in [9.17, 15) is 9.59 Å². The lowest BCUT2D eigenvalue weighted by atomic mass is 10.1. The molecule has 2 atom stereocenters. The van der Waals surface area contributed by atoms with E-state index in [0.717, 1.165) is 10.5 Å². The van der Waals surface area contributed by atoms with Crippen LogP contribution in [0.15, 0.2) is 57.3 Å². The number of carbonyl (C=O) groups is 2. The van der Waals surface area contributed by atoms with E-state index in [-0.39, 0.29) is 18.3 Å². The van der Waals surface area contributed by atoms with Gasteiger partial charge in [0.05, 0.1) is 19.4 Å². The Morgan fingerprint density at radius 2 is 1.85 bits per heavy atom. The van der Waals surface area contributed by atoms with Crippen LogP contribution in [-0.4, -0.2) is 52.8 Å². The molecule has 0 unspecified atom stereocenters. The molecule has 0 saturated carbocycles. The summed E-state index contributed by atoms with van der Waals surface area (Å²) in [4.78, 5) is 31.5. The normalized spacial score (nSPS) is 19.1. The molecule has 1 fully saturated rings. The Labute approximate surface area is 194 Å². The molecule has 0 radical (unpaired) electrons. The summed E-state index contributed by atoms with van der Waals surface area (Å²) >= 11 is 0. The van der Waals surface area contributed by atoms with E-state index in [0.29, 0.717) is 35.2 Å². The molecule has 34 heavy (non-hydrogen) atoms. The van der Waals surface area contributed by atoms with Crippen molar-refractivity contribution in [2.75, 3.05) is 18.6 Å². The average Bonchev–Trinajstić information content (AvgIpc) is 3.53. The molecule has 3 aromatic rings. The van der Waals surface area contributed by atoms with E-state index in [4.69, 9.17) is 14.0 Å². The number of aromatic nitrogens is 2. The Bertz CT molecular complexity index is 1270. The largest absolute Gasteiger partial charge is 0.493 e. The lowest BCUT2D eigenvalue weighted by molar-refractivity contribution is -0.123. The molecular weight excluding hydrogens is 440 g/mol. The number of hydrogen-bond acceptors (Lipinski definition) is 10. The van der Waals surface area contributed by atoms with Crippen LogP contribution in [0, 0.1) is 6.92 Å². The highest BCUT2D eigenvalue weighted by Crippen LogP contribution is 2.34. The molecule has 0 bridgehead atoms. The van der Waals surface area contributed by atoms with Gasteiger partial charge in [-0.3, -0.25) is 14.6 Å². The highest BCUT2D eigenvalue weighted by molar-refractivity contribution is 6.25. The van der Waals surface area contributed by atoms with Crippen LogP contribution in [0.4, 0.5) is 5.69 Å². The maximum absolute atomic E-state index is 13.1. The Morgan fingerprint density at radius 3 is 2.59 bits per heavy atom. The SMILES string of the molecule is CCOc1ccc(-c2noc(CN3N=N[C@@H]4C(=O)N(c5ccc(C)cc5)C(=O)[C@@H]43)n2)cc1OC. The van der Waals surface area contributed by atoms with Gasteiger partial charge in [-0.2, -0.15) is 10.1 Å². The van der Waals surface area contributed by atoms with Crippen LogP contribution >= 0.6 is 0 Å². The van der Waals surface area contributed by atoms with Gasteiger partial charge >= 0.3 is 0 Å². The van der Waals surface area contributed by atoms with Gasteiger partial charge in [-0.05, 0) is 44.2 Å². The second-order valence-corrected chi connectivity index (χ2v) is 7.85. The van der Waals surface area contributed by atoms with E-state index in [1.54, 1.807) is 37.4 Å². The monoisotopic (exact) mass is 462 g/mol. The van der Waals surface area contributed by atoms with Gasteiger partial charge in [-0.1, -0.05) is 28.1 Å². The molecule has 1 saturated heterocycles. The van der Waals surface area contributed by atoms with Crippen molar-refractivity contribution >= 4 is 17.5 Å². The van der Waals surface area contributed by atoms with Crippen LogP contribution in [-0.2, 0) is 16.1 Å². The number of anilines is 1. The molecule has 2 aromatic carbocycles. The van der Waals surface area contributed by atoms with E-state index in [1.165, 1.54) is 5.01 Å². The summed E-state index contributed by atoms with van der Waals surface area (Å²) in [6.07, 6.45) is 0. The highest BCUT2D eigenvalue weighted by Gasteiger charge is 2.55. The number of nitrogens with zero attached hydrogens (tertiary/aromatic N) is 6. The van der Waals surface area contributed by atoms with Crippen LogP contribution in [0.1, 0.15) is 18.4 Å². The number of hydrogen-bond donors (Lipinski definition) is 0. The number of imide groups is 1. The molecule has 3 heterocycles. The molecule has 5 rings (SSSR count). The summed E-state index contributed by atoms with van der Waals surface area (Å²) in [5.74, 6) is 0.949. The number of methoxy groups -OCH3 is 1. The van der Waals surface area contributed by atoms with Crippen LogP contribution in [0.5, 0.6) is 11.5 Å². The van der Waals surface area contributed by atoms with Crippen molar-refractivity contribution in [2.45, 2.75) is 32.5 Å². The first-order valence-corrected chi connectivity index (χ1v) is 10.8. The Balaban J connectivity index is 1.34. The zero-order chi connectivity index (χ0) is 23.8. The fraction of sp³-hybridized carbons (Fsp3) is 0.304. The standard InChI is InChI=1S/C23H22N6O5/c1-4-33-16-10-7-14(11-17(16)32-3)21-24-18(34-26-21)12-28-20-19(25-27-28)22(30)29(23(20)31)15-8-5-13(2)6-9-15/h5-11,19-20H,4,12H2,1-3H3/t19-,20+/m0/s1. The van der Waals surface area contributed by atoms with Crippen molar-refractivity contribution < 1.29 is 23.6 Å². The molecule has 1 aromatic heterocycles. The quantitative estimate of drug-likeness (QED) is 0.491.